The van der Waals surface area contributed by atoms with Crippen LogP contribution in [0.5, 0.6) is 0 Å². The Balaban J connectivity index is 2.17. The Labute approximate surface area is 104 Å². The molecular formula is C12H14N2O2S. The van der Waals surface area contributed by atoms with Gasteiger partial charge in [-0.25, -0.2) is 0 Å². The van der Waals surface area contributed by atoms with Crippen LogP contribution in [-0.2, 0) is 4.79 Å². The Morgan fingerprint density at radius 1 is 1.29 bits per heavy atom. The topological polar surface area (TPSA) is 49.4 Å². The summed E-state index contributed by atoms with van der Waals surface area (Å²) in [5, 5.41) is 2.38. The van der Waals surface area contributed by atoms with E-state index in [2.05, 4.69) is 5.32 Å². The van der Waals surface area contributed by atoms with Crippen LogP contribution in [0.4, 0.5) is 10.5 Å². The van der Waals surface area contributed by atoms with Crippen LogP contribution in [-0.4, -0.2) is 28.5 Å². The van der Waals surface area contributed by atoms with E-state index in [1.54, 1.807) is 0 Å². The third-order valence-corrected chi connectivity index (χ3v) is 3.75. The smallest absolute Gasteiger partial charge is 0.290 e. The fraction of sp³-hybridized carbons (Fsp3) is 0.333. The predicted octanol–water partition coefficient (Wildman–Crippen LogP) is 2.37. The predicted molar refractivity (Wildman–Crippen MR) is 69.1 cm³/mol. The molecule has 90 valence electrons. The molecule has 2 rings (SSSR count). The molecule has 1 N–H and O–H groups in total. The number of rotatable bonds is 2. The Hall–Kier alpha value is -1.49. The van der Waals surface area contributed by atoms with Gasteiger partial charge in [0.15, 0.2) is 5.37 Å². The first-order valence-corrected chi connectivity index (χ1v) is 6.19. The molecule has 0 unspecified atom stereocenters. The number of thioether (sulfide) groups is 1. The third kappa shape index (κ3) is 2.29. The Bertz CT molecular complexity index is 487. The van der Waals surface area contributed by atoms with Gasteiger partial charge in [-0.1, -0.05) is 17.7 Å². The number of hydrogen-bond acceptors (Lipinski definition) is 4. The number of hydrogen-bond donors (Lipinski definition) is 1. The highest BCUT2D eigenvalue weighted by Crippen LogP contribution is 2.28. The van der Waals surface area contributed by atoms with Crippen molar-refractivity contribution in [2.75, 3.05) is 12.4 Å². The second kappa shape index (κ2) is 4.41. The lowest BCUT2D eigenvalue weighted by Gasteiger charge is -2.13. The first-order chi connectivity index (χ1) is 7.99. The van der Waals surface area contributed by atoms with Crippen molar-refractivity contribution in [2.45, 2.75) is 19.2 Å². The van der Waals surface area contributed by atoms with E-state index < -0.39 is 5.37 Å². The molecule has 1 heterocycles. The van der Waals surface area contributed by atoms with Crippen LogP contribution in [0.15, 0.2) is 18.2 Å². The van der Waals surface area contributed by atoms with Gasteiger partial charge in [-0.05, 0) is 37.2 Å². The molecule has 0 radical (unpaired) electrons. The van der Waals surface area contributed by atoms with Crippen molar-refractivity contribution < 1.29 is 9.59 Å². The van der Waals surface area contributed by atoms with E-state index in [4.69, 9.17) is 0 Å². The van der Waals surface area contributed by atoms with Crippen LogP contribution in [0, 0.1) is 13.8 Å². The lowest BCUT2D eigenvalue weighted by atomic mass is 10.1. The van der Waals surface area contributed by atoms with E-state index >= 15 is 0 Å². The Morgan fingerprint density at radius 3 is 2.53 bits per heavy atom. The van der Waals surface area contributed by atoms with E-state index in [0.717, 1.165) is 27.9 Å². The fourth-order valence-corrected chi connectivity index (χ4v) is 2.60. The first-order valence-electron chi connectivity index (χ1n) is 5.31. The monoisotopic (exact) mass is 250 g/mol. The lowest BCUT2D eigenvalue weighted by molar-refractivity contribution is -0.125. The number of imide groups is 1. The molecule has 0 aliphatic carbocycles. The fourth-order valence-electron chi connectivity index (χ4n) is 1.70. The lowest BCUT2D eigenvalue weighted by Crippen LogP contribution is -2.31. The molecule has 0 bridgehead atoms. The number of anilines is 1. The molecule has 0 saturated carbocycles. The van der Waals surface area contributed by atoms with Crippen LogP contribution in [0.25, 0.3) is 0 Å². The molecule has 1 aromatic carbocycles. The van der Waals surface area contributed by atoms with Crippen molar-refractivity contribution in [2.24, 2.45) is 0 Å². The van der Waals surface area contributed by atoms with Crippen molar-refractivity contribution in [3.63, 3.8) is 0 Å². The molecule has 0 spiro atoms. The van der Waals surface area contributed by atoms with Gasteiger partial charge in [0.2, 0.25) is 0 Å². The van der Waals surface area contributed by atoms with E-state index in [-0.39, 0.29) is 11.1 Å². The van der Waals surface area contributed by atoms with Gasteiger partial charge in [-0.3, -0.25) is 14.5 Å². The zero-order valence-corrected chi connectivity index (χ0v) is 10.8. The van der Waals surface area contributed by atoms with E-state index in [1.165, 1.54) is 12.6 Å². The molecule has 0 aromatic heterocycles. The Morgan fingerprint density at radius 2 is 2.00 bits per heavy atom. The number of nitrogens with one attached hydrogen (secondary N) is 1. The minimum Gasteiger partial charge on any atom is -0.365 e. The SMILES string of the molecule is Cc1ccc(N[C@@H]2SC(=O)N(C)C2=O)c(C)c1. The molecule has 1 aliphatic rings. The quantitative estimate of drug-likeness (QED) is 0.875. The summed E-state index contributed by atoms with van der Waals surface area (Å²) in [6.07, 6.45) is 0. The number of likely N-dealkylation sites (N-methyl/N-ethyl adjacent to an activating group) is 1. The number of benzene rings is 1. The maximum atomic E-state index is 11.7. The number of carbonyl (C=O) groups excluding carboxylic acids is 2. The van der Waals surface area contributed by atoms with E-state index in [1.807, 2.05) is 32.0 Å². The van der Waals surface area contributed by atoms with E-state index in [9.17, 15) is 9.59 Å². The summed E-state index contributed by atoms with van der Waals surface area (Å²) in [7, 11) is 1.50. The van der Waals surface area contributed by atoms with Crippen molar-refractivity contribution >= 4 is 28.6 Å². The van der Waals surface area contributed by atoms with Gasteiger partial charge in [0.1, 0.15) is 0 Å². The average molecular weight is 250 g/mol. The Kier molecular flexibility index (Phi) is 3.11. The summed E-state index contributed by atoms with van der Waals surface area (Å²) in [6.45, 7) is 3.99. The molecule has 4 nitrogen and oxygen atoms in total. The molecule has 1 fully saturated rings. The highest BCUT2D eigenvalue weighted by molar-refractivity contribution is 8.15. The van der Waals surface area contributed by atoms with Crippen LogP contribution in [0.2, 0.25) is 0 Å². The number of amides is 2. The summed E-state index contributed by atoms with van der Waals surface area (Å²) >= 11 is 1.02. The number of aryl methyl sites for hydroxylation is 2. The van der Waals surface area contributed by atoms with Gasteiger partial charge in [-0.15, -0.1) is 0 Å². The number of carbonyl (C=O) groups is 2. The zero-order chi connectivity index (χ0) is 12.6. The van der Waals surface area contributed by atoms with Gasteiger partial charge < -0.3 is 5.32 Å². The number of nitrogens with zero attached hydrogens (tertiary/aromatic N) is 1. The van der Waals surface area contributed by atoms with Gasteiger partial charge in [-0.2, -0.15) is 0 Å². The molecular weight excluding hydrogens is 236 g/mol. The van der Waals surface area contributed by atoms with Crippen molar-refractivity contribution in [1.82, 2.24) is 4.90 Å². The summed E-state index contributed by atoms with van der Waals surface area (Å²) in [5.74, 6) is -0.194. The average Bonchev–Trinajstić information content (AvgIpc) is 2.50. The first kappa shape index (κ1) is 12.0. The molecule has 2 amide bonds. The highest BCUT2D eigenvalue weighted by Gasteiger charge is 2.37. The second-order valence-corrected chi connectivity index (χ2v) is 5.18. The third-order valence-electron chi connectivity index (χ3n) is 2.72. The molecule has 1 saturated heterocycles. The summed E-state index contributed by atoms with van der Waals surface area (Å²) in [4.78, 5) is 24.2. The molecule has 5 heteroatoms. The minimum absolute atomic E-state index is 0.194. The maximum absolute atomic E-state index is 11.7. The largest absolute Gasteiger partial charge is 0.365 e. The zero-order valence-electron chi connectivity index (χ0n) is 9.98. The minimum atomic E-state index is -0.506. The van der Waals surface area contributed by atoms with Gasteiger partial charge >= 0.3 is 0 Å². The normalized spacial score (nSPS) is 19.9. The molecule has 17 heavy (non-hydrogen) atoms. The molecule has 1 aromatic rings. The van der Waals surface area contributed by atoms with Crippen molar-refractivity contribution in [3.05, 3.63) is 29.3 Å². The van der Waals surface area contributed by atoms with Crippen LogP contribution in [0.3, 0.4) is 0 Å². The standard InChI is InChI=1S/C12H14N2O2S/c1-7-4-5-9(8(2)6-7)13-10-11(15)14(3)12(16)17-10/h4-6,10,13H,1-3H3/t10-/m1/s1. The van der Waals surface area contributed by atoms with Crippen LogP contribution >= 0.6 is 11.8 Å². The van der Waals surface area contributed by atoms with Crippen LogP contribution in [0.1, 0.15) is 11.1 Å². The second-order valence-electron chi connectivity index (χ2n) is 4.12. The summed E-state index contributed by atoms with van der Waals surface area (Å²) in [6, 6.07) is 5.95. The van der Waals surface area contributed by atoms with Gasteiger partial charge in [0, 0.05) is 12.7 Å². The molecule has 1 aliphatic heterocycles. The molecule has 1 atom stereocenters. The van der Waals surface area contributed by atoms with Crippen molar-refractivity contribution in [3.8, 4) is 0 Å². The van der Waals surface area contributed by atoms with Gasteiger partial charge in [0.05, 0.1) is 0 Å². The highest BCUT2D eigenvalue weighted by atomic mass is 32.2. The van der Waals surface area contributed by atoms with E-state index in [0.29, 0.717) is 0 Å². The maximum Gasteiger partial charge on any atom is 0.290 e. The summed E-state index contributed by atoms with van der Waals surface area (Å²) < 4.78 is 0. The van der Waals surface area contributed by atoms with Gasteiger partial charge in [0.25, 0.3) is 11.1 Å². The summed E-state index contributed by atoms with van der Waals surface area (Å²) in [5.41, 5.74) is 3.14. The van der Waals surface area contributed by atoms with Crippen molar-refractivity contribution in [1.29, 1.82) is 0 Å². The van der Waals surface area contributed by atoms with Crippen LogP contribution < -0.4 is 5.32 Å².